The first-order valence-electron chi connectivity index (χ1n) is 3.66. The maximum absolute atomic E-state index is 11.9. The average molecular weight is 218 g/mol. The lowest BCUT2D eigenvalue weighted by Crippen LogP contribution is -2.17. The van der Waals surface area contributed by atoms with E-state index in [-0.39, 0.29) is 11.4 Å². The lowest BCUT2D eigenvalue weighted by molar-refractivity contribution is -0.275. The third kappa shape index (κ3) is 3.02. The van der Waals surface area contributed by atoms with E-state index in [9.17, 15) is 13.2 Å². The Kier molecular flexibility index (Phi) is 2.99. The molecule has 0 aliphatic rings. The molecule has 0 aliphatic heterocycles. The zero-order valence-electron chi connectivity index (χ0n) is 7.50. The van der Waals surface area contributed by atoms with Crippen LogP contribution < -0.4 is 9.47 Å². The third-order valence-electron chi connectivity index (χ3n) is 1.39. The lowest BCUT2D eigenvalue weighted by atomic mass is 10.3. The Labute approximate surface area is 82.9 Å². The highest BCUT2D eigenvalue weighted by molar-refractivity contribution is 5.42. The molecule has 0 atom stereocenters. The molecule has 1 aromatic rings. The molecule has 0 aliphatic carbocycles. The Morgan fingerprint density at radius 3 is 2.53 bits per heavy atom. The zero-order chi connectivity index (χ0) is 11.5. The molecule has 1 rings (SSSR count). The Bertz CT molecular complexity index is 398. The van der Waals surface area contributed by atoms with Crippen LogP contribution in [0, 0.1) is 11.3 Å². The van der Waals surface area contributed by atoms with Crippen molar-refractivity contribution in [1.82, 2.24) is 4.98 Å². The van der Waals surface area contributed by atoms with Crippen LogP contribution in [-0.2, 0) is 0 Å². The summed E-state index contributed by atoms with van der Waals surface area (Å²) < 4.78 is 44.0. The van der Waals surface area contributed by atoms with Crippen LogP contribution >= 0.6 is 0 Å². The van der Waals surface area contributed by atoms with Crippen LogP contribution in [0.3, 0.4) is 0 Å². The molecule has 0 amide bonds. The van der Waals surface area contributed by atoms with Crippen LogP contribution in [0.25, 0.3) is 0 Å². The van der Waals surface area contributed by atoms with Gasteiger partial charge in [-0.1, -0.05) is 0 Å². The molecule has 0 bridgehead atoms. The number of pyridine rings is 1. The number of ether oxygens (including phenoxy) is 2. The molecule has 0 saturated heterocycles. The Morgan fingerprint density at radius 1 is 1.40 bits per heavy atom. The number of rotatable bonds is 2. The monoisotopic (exact) mass is 218 g/mol. The average Bonchev–Trinajstić information content (AvgIpc) is 2.15. The molecule has 80 valence electrons. The van der Waals surface area contributed by atoms with Crippen molar-refractivity contribution in [2.75, 3.05) is 7.11 Å². The van der Waals surface area contributed by atoms with Gasteiger partial charge in [-0.15, -0.1) is 13.2 Å². The molecule has 4 nitrogen and oxygen atoms in total. The van der Waals surface area contributed by atoms with E-state index in [1.54, 1.807) is 6.07 Å². The summed E-state index contributed by atoms with van der Waals surface area (Å²) in [5.74, 6) is -0.775. The first-order valence-corrected chi connectivity index (χ1v) is 3.66. The van der Waals surface area contributed by atoms with E-state index in [0.717, 1.165) is 12.3 Å². The van der Waals surface area contributed by atoms with Crippen molar-refractivity contribution < 1.29 is 22.6 Å². The molecule has 7 heteroatoms. The van der Waals surface area contributed by atoms with Crippen LogP contribution in [0.2, 0.25) is 0 Å². The predicted octanol–water partition coefficient (Wildman–Crippen LogP) is 1.86. The van der Waals surface area contributed by atoms with Crippen molar-refractivity contribution in [1.29, 1.82) is 5.26 Å². The summed E-state index contributed by atoms with van der Waals surface area (Å²) in [6.07, 6.45) is -3.85. The van der Waals surface area contributed by atoms with E-state index in [0.29, 0.717) is 0 Å². The maximum atomic E-state index is 11.9. The second-order valence-electron chi connectivity index (χ2n) is 2.38. The van der Waals surface area contributed by atoms with Crippen molar-refractivity contribution in [3.8, 4) is 17.6 Å². The third-order valence-corrected chi connectivity index (χ3v) is 1.39. The first kappa shape index (κ1) is 11.1. The van der Waals surface area contributed by atoms with E-state index in [1.807, 2.05) is 0 Å². The zero-order valence-corrected chi connectivity index (χ0v) is 7.50. The van der Waals surface area contributed by atoms with Crippen molar-refractivity contribution in [2.45, 2.75) is 6.36 Å². The fraction of sp³-hybridized carbons (Fsp3) is 0.250. The van der Waals surface area contributed by atoms with Gasteiger partial charge in [-0.3, -0.25) is 0 Å². The lowest BCUT2D eigenvalue weighted by Gasteiger charge is -2.11. The Balaban J connectivity index is 3.08. The number of alkyl halides is 3. The fourth-order valence-corrected chi connectivity index (χ4v) is 0.843. The van der Waals surface area contributed by atoms with Gasteiger partial charge in [0.05, 0.1) is 13.3 Å². The molecular formula is C8H5F3N2O2. The van der Waals surface area contributed by atoms with E-state index in [4.69, 9.17) is 5.26 Å². The van der Waals surface area contributed by atoms with Gasteiger partial charge >= 0.3 is 6.36 Å². The second kappa shape index (κ2) is 4.04. The van der Waals surface area contributed by atoms with Crippen LogP contribution in [0.1, 0.15) is 5.69 Å². The molecule has 15 heavy (non-hydrogen) atoms. The van der Waals surface area contributed by atoms with Crippen molar-refractivity contribution in [3.63, 3.8) is 0 Å². The molecule has 0 radical (unpaired) electrons. The minimum absolute atomic E-state index is 0.185. The molecule has 0 N–H and O–H groups in total. The van der Waals surface area contributed by atoms with Gasteiger partial charge in [0.25, 0.3) is 0 Å². The van der Waals surface area contributed by atoms with Gasteiger partial charge in [-0.2, -0.15) is 5.26 Å². The summed E-state index contributed by atoms with van der Waals surface area (Å²) in [6.45, 7) is 0. The topological polar surface area (TPSA) is 55.1 Å². The molecule has 0 unspecified atom stereocenters. The summed E-state index contributed by atoms with van der Waals surface area (Å²) in [7, 11) is 1.17. The van der Waals surface area contributed by atoms with Gasteiger partial charge in [0, 0.05) is 6.07 Å². The number of aromatic nitrogens is 1. The summed E-state index contributed by atoms with van der Waals surface area (Å²) in [6, 6.07) is 2.44. The highest BCUT2D eigenvalue weighted by Crippen LogP contribution is 2.31. The summed E-state index contributed by atoms with van der Waals surface area (Å²) in [4.78, 5) is 3.53. The van der Waals surface area contributed by atoms with Crippen LogP contribution in [0.4, 0.5) is 13.2 Å². The number of nitriles is 1. The SMILES string of the molecule is COc1cnc(C#N)cc1OC(F)(F)F. The standard InChI is InChI=1S/C8H5F3N2O2/c1-14-7-4-13-5(3-12)2-6(7)15-8(9,10)11/h2,4H,1H3. The summed E-state index contributed by atoms with van der Waals surface area (Å²) in [5.41, 5.74) is -0.185. The number of hydrogen-bond acceptors (Lipinski definition) is 4. The molecule has 0 aromatic carbocycles. The molecule has 1 heterocycles. The maximum Gasteiger partial charge on any atom is 0.573 e. The quantitative estimate of drug-likeness (QED) is 0.760. The number of halogens is 3. The van der Waals surface area contributed by atoms with Crippen molar-refractivity contribution in [3.05, 3.63) is 18.0 Å². The normalized spacial score (nSPS) is 10.6. The van der Waals surface area contributed by atoms with Gasteiger partial charge in [0.1, 0.15) is 11.8 Å². The molecule has 0 saturated carbocycles. The van der Waals surface area contributed by atoms with Crippen LogP contribution in [0.5, 0.6) is 11.5 Å². The minimum atomic E-state index is -4.83. The van der Waals surface area contributed by atoms with Gasteiger partial charge in [-0.25, -0.2) is 4.98 Å². The summed E-state index contributed by atoms with van der Waals surface area (Å²) in [5, 5.41) is 8.43. The number of methoxy groups -OCH3 is 1. The fourth-order valence-electron chi connectivity index (χ4n) is 0.843. The van der Waals surface area contributed by atoms with Crippen LogP contribution in [0.15, 0.2) is 12.3 Å². The number of hydrogen-bond donors (Lipinski definition) is 0. The van der Waals surface area contributed by atoms with E-state index < -0.39 is 12.1 Å². The van der Waals surface area contributed by atoms with Gasteiger partial charge in [-0.05, 0) is 0 Å². The van der Waals surface area contributed by atoms with E-state index in [1.165, 1.54) is 7.11 Å². The van der Waals surface area contributed by atoms with Crippen LogP contribution in [-0.4, -0.2) is 18.5 Å². The minimum Gasteiger partial charge on any atom is -0.491 e. The predicted molar refractivity (Wildman–Crippen MR) is 42.2 cm³/mol. The number of nitrogens with zero attached hydrogens (tertiary/aromatic N) is 2. The highest BCUT2D eigenvalue weighted by atomic mass is 19.4. The molecular weight excluding hydrogens is 213 g/mol. The van der Waals surface area contributed by atoms with Gasteiger partial charge < -0.3 is 9.47 Å². The smallest absolute Gasteiger partial charge is 0.491 e. The second-order valence-corrected chi connectivity index (χ2v) is 2.38. The summed E-state index contributed by atoms with van der Waals surface area (Å²) >= 11 is 0. The van der Waals surface area contributed by atoms with Gasteiger partial charge in [0.15, 0.2) is 11.5 Å². The first-order chi connectivity index (χ1) is 6.96. The Morgan fingerprint density at radius 2 is 2.07 bits per heavy atom. The Hall–Kier alpha value is -1.97. The van der Waals surface area contributed by atoms with Crippen molar-refractivity contribution in [2.24, 2.45) is 0 Å². The molecule has 1 aromatic heterocycles. The van der Waals surface area contributed by atoms with Crippen molar-refractivity contribution >= 4 is 0 Å². The van der Waals surface area contributed by atoms with E-state index >= 15 is 0 Å². The largest absolute Gasteiger partial charge is 0.573 e. The highest BCUT2D eigenvalue weighted by Gasteiger charge is 2.32. The molecule has 0 spiro atoms. The van der Waals surface area contributed by atoms with E-state index in [2.05, 4.69) is 14.5 Å². The molecule has 0 fully saturated rings. The van der Waals surface area contributed by atoms with Gasteiger partial charge in [0.2, 0.25) is 0 Å².